The summed E-state index contributed by atoms with van der Waals surface area (Å²) in [4.78, 5) is 6.73. The maximum Gasteiger partial charge on any atom is 0.0313 e. The molecular weight excluding hydrogens is 220 g/mol. The normalized spacial score (nSPS) is 18.9. The minimum Gasteiger partial charge on any atom is -0.299 e. The Balaban J connectivity index is 1.87. The van der Waals surface area contributed by atoms with Crippen molar-refractivity contribution < 1.29 is 0 Å². The molecule has 1 aliphatic rings. The average Bonchev–Trinajstić information content (AvgIpc) is 2.30. The van der Waals surface area contributed by atoms with Gasteiger partial charge in [0, 0.05) is 24.8 Å². The third-order valence-electron chi connectivity index (χ3n) is 3.26. The quantitative estimate of drug-likeness (QED) is 0.753. The Hall–Kier alpha value is -0.600. The molecule has 1 aromatic rings. The molecule has 88 valence electrons. The van der Waals surface area contributed by atoms with Gasteiger partial charge in [-0.15, -0.1) is 11.6 Å². The molecule has 0 spiro atoms. The van der Waals surface area contributed by atoms with Gasteiger partial charge in [0.1, 0.15) is 0 Å². The number of likely N-dealkylation sites (tertiary alicyclic amines) is 1. The van der Waals surface area contributed by atoms with Gasteiger partial charge in [-0.2, -0.15) is 0 Å². The highest BCUT2D eigenvalue weighted by atomic mass is 35.5. The van der Waals surface area contributed by atoms with E-state index in [2.05, 4.69) is 22.9 Å². The van der Waals surface area contributed by atoms with Crippen LogP contribution in [0.1, 0.15) is 24.0 Å². The minimum atomic E-state index is 0.730. The van der Waals surface area contributed by atoms with Crippen LogP contribution in [-0.4, -0.2) is 28.9 Å². The second kappa shape index (κ2) is 5.65. The van der Waals surface area contributed by atoms with Crippen LogP contribution in [0.4, 0.5) is 0 Å². The van der Waals surface area contributed by atoms with Crippen LogP contribution < -0.4 is 0 Å². The first-order chi connectivity index (χ1) is 7.78. The molecule has 0 atom stereocenters. The molecule has 3 heteroatoms. The van der Waals surface area contributed by atoms with Crippen molar-refractivity contribution in [2.24, 2.45) is 5.92 Å². The third-order valence-corrected chi connectivity index (χ3v) is 3.70. The predicted molar refractivity (Wildman–Crippen MR) is 67.7 cm³/mol. The largest absolute Gasteiger partial charge is 0.299 e. The molecule has 2 heterocycles. The van der Waals surface area contributed by atoms with E-state index in [-0.39, 0.29) is 0 Å². The maximum atomic E-state index is 5.88. The molecule has 1 aromatic heterocycles. The highest BCUT2D eigenvalue weighted by molar-refractivity contribution is 6.18. The van der Waals surface area contributed by atoms with Gasteiger partial charge >= 0.3 is 0 Å². The molecule has 2 rings (SSSR count). The van der Waals surface area contributed by atoms with Crippen LogP contribution in [0.2, 0.25) is 0 Å². The molecule has 1 saturated heterocycles. The molecule has 16 heavy (non-hydrogen) atoms. The summed E-state index contributed by atoms with van der Waals surface area (Å²) < 4.78 is 0. The Morgan fingerprint density at radius 1 is 1.38 bits per heavy atom. The molecule has 0 amide bonds. The first-order valence-electron chi connectivity index (χ1n) is 5.97. The Kier molecular flexibility index (Phi) is 4.19. The zero-order chi connectivity index (χ0) is 11.4. The molecule has 0 aliphatic carbocycles. The number of pyridine rings is 1. The molecule has 1 fully saturated rings. The molecule has 0 saturated carbocycles. The summed E-state index contributed by atoms with van der Waals surface area (Å²) in [6, 6.07) is 2.22. The van der Waals surface area contributed by atoms with E-state index >= 15 is 0 Å². The minimum absolute atomic E-state index is 0.730. The van der Waals surface area contributed by atoms with Gasteiger partial charge in [-0.05, 0) is 49.9 Å². The first-order valence-corrected chi connectivity index (χ1v) is 6.50. The van der Waals surface area contributed by atoms with Gasteiger partial charge in [-0.3, -0.25) is 9.88 Å². The number of rotatable bonds is 3. The van der Waals surface area contributed by atoms with Crippen LogP contribution in [0, 0.1) is 12.8 Å². The van der Waals surface area contributed by atoms with E-state index in [1.807, 2.05) is 12.4 Å². The Labute approximate surface area is 103 Å². The van der Waals surface area contributed by atoms with Crippen molar-refractivity contribution in [1.82, 2.24) is 9.88 Å². The van der Waals surface area contributed by atoms with Crippen molar-refractivity contribution in [3.05, 3.63) is 29.6 Å². The number of halogens is 1. The number of hydrogen-bond donors (Lipinski definition) is 0. The lowest BCUT2D eigenvalue weighted by Gasteiger charge is -2.30. The van der Waals surface area contributed by atoms with Crippen molar-refractivity contribution in [2.75, 3.05) is 19.0 Å². The summed E-state index contributed by atoms with van der Waals surface area (Å²) in [6.45, 7) is 5.47. The van der Waals surface area contributed by atoms with Crippen LogP contribution in [0.25, 0.3) is 0 Å². The summed E-state index contributed by atoms with van der Waals surface area (Å²) >= 11 is 5.88. The van der Waals surface area contributed by atoms with Gasteiger partial charge in [0.15, 0.2) is 0 Å². The Morgan fingerprint density at radius 2 is 2.12 bits per heavy atom. The second-order valence-corrected chi connectivity index (χ2v) is 5.05. The number of hydrogen-bond acceptors (Lipinski definition) is 2. The number of aromatic nitrogens is 1. The van der Waals surface area contributed by atoms with Gasteiger partial charge in [-0.25, -0.2) is 0 Å². The van der Waals surface area contributed by atoms with Gasteiger partial charge in [0.05, 0.1) is 0 Å². The fourth-order valence-corrected chi connectivity index (χ4v) is 2.57. The lowest BCUT2D eigenvalue weighted by molar-refractivity contribution is 0.186. The predicted octanol–water partition coefficient (Wildman–Crippen LogP) is 2.84. The molecule has 0 bridgehead atoms. The molecule has 0 radical (unpaired) electrons. The van der Waals surface area contributed by atoms with E-state index in [1.165, 1.54) is 37.1 Å². The number of alkyl halides is 1. The van der Waals surface area contributed by atoms with Gasteiger partial charge in [0.2, 0.25) is 0 Å². The monoisotopic (exact) mass is 238 g/mol. The van der Waals surface area contributed by atoms with Crippen LogP contribution in [0.5, 0.6) is 0 Å². The number of piperidine rings is 1. The standard InChI is InChI=1S/C13H19ClN2/c1-11-6-13(9-15-8-11)10-16-4-2-12(7-14)3-5-16/h6,8-9,12H,2-5,7,10H2,1H3. The molecular formula is C13H19ClN2. The zero-order valence-corrected chi connectivity index (χ0v) is 10.6. The van der Waals surface area contributed by atoms with Crippen molar-refractivity contribution in [3.63, 3.8) is 0 Å². The fourth-order valence-electron chi connectivity index (χ4n) is 2.26. The van der Waals surface area contributed by atoms with E-state index in [0.29, 0.717) is 0 Å². The van der Waals surface area contributed by atoms with Crippen LogP contribution in [0.3, 0.4) is 0 Å². The van der Waals surface area contributed by atoms with Crippen molar-refractivity contribution in [3.8, 4) is 0 Å². The zero-order valence-electron chi connectivity index (χ0n) is 9.82. The van der Waals surface area contributed by atoms with E-state index in [1.54, 1.807) is 0 Å². The summed E-state index contributed by atoms with van der Waals surface area (Å²) in [6.07, 6.45) is 6.36. The van der Waals surface area contributed by atoms with E-state index in [4.69, 9.17) is 11.6 Å². The Bertz CT molecular complexity index is 332. The third kappa shape index (κ3) is 3.19. The summed E-state index contributed by atoms with van der Waals surface area (Å²) in [7, 11) is 0. The van der Waals surface area contributed by atoms with Crippen molar-refractivity contribution in [2.45, 2.75) is 26.3 Å². The second-order valence-electron chi connectivity index (χ2n) is 4.74. The highest BCUT2D eigenvalue weighted by Crippen LogP contribution is 2.19. The topological polar surface area (TPSA) is 16.1 Å². The summed E-state index contributed by atoms with van der Waals surface area (Å²) in [5.74, 6) is 1.55. The van der Waals surface area contributed by atoms with Crippen LogP contribution >= 0.6 is 11.6 Å². The van der Waals surface area contributed by atoms with Gasteiger partial charge in [-0.1, -0.05) is 6.07 Å². The lowest BCUT2D eigenvalue weighted by atomic mass is 9.98. The smallest absolute Gasteiger partial charge is 0.0313 e. The Morgan fingerprint density at radius 3 is 2.75 bits per heavy atom. The number of nitrogens with zero attached hydrogens (tertiary/aromatic N) is 2. The molecule has 0 aromatic carbocycles. The number of aryl methyl sites for hydroxylation is 1. The van der Waals surface area contributed by atoms with Gasteiger partial charge in [0.25, 0.3) is 0 Å². The lowest BCUT2D eigenvalue weighted by Crippen LogP contribution is -2.33. The van der Waals surface area contributed by atoms with E-state index < -0.39 is 0 Å². The molecule has 0 N–H and O–H groups in total. The summed E-state index contributed by atoms with van der Waals surface area (Å²) in [5.41, 5.74) is 2.57. The maximum absolute atomic E-state index is 5.88. The van der Waals surface area contributed by atoms with Crippen molar-refractivity contribution in [1.29, 1.82) is 0 Å². The highest BCUT2D eigenvalue weighted by Gasteiger charge is 2.18. The first kappa shape index (κ1) is 11.9. The van der Waals surface area contributed by atoms with Crippen molar-refractivity contribution >= 4 is 11.6 Å². The summed E-state index contributed by atoms with van der Waals surface area (Å²) in [5, 5.41) is 0. The molecule has 2 nitrogen and oxygen atoms in total. The van der Waals surface area contributed by atoms with Crippen LogP contribution in [0.15, 0.2) is 18.5 Å². The SMILES string of the molecule is Cc1cncc(CN2CCC(CCl)CC2)c1. The molecule has 1 aliphatic heterocycles. The molecule has 0 unspecified atom stereocenters. The van der Waals surface area contributed by atoms with Gasteiger partial charge < -0.3 is 0 Å². The van der Waals surface area contributed by atoms with E-state index in [9.17, 15) is 0 Å². The fraction of sp³-hybridized carbons (Fsp3) is 0.615. The average molecular weight is 239 g/mol. The van der Waals surface area contributed by atoms with E-state index in [0.717, 1.165) is 18.3 Å². The van der Waals surface area contributed by atoms with Crippen LogP contribution in [-0.2, 0) is 6.54 Å².